The van der Waals surface area contributed by atoms with E-state index in [9.17, 15) is 4.79 Å². The van der Waals surface area contributed by atoms with Crippen LogP contribution in [-0.4, -0.2) is 33.1 Å². The summed E-state index contributed by atoms with van der Waals surface area (Å²) < 4.78 is 1.86. The Morgan fingerprint density at radius 2 is 2.09 bits per heavy atom. The zero-order valence-electron chi connectivity index (χ0n) is 13.7. The number of carbonyl (C=O) groups excluding carboxylic acids is 1. The van der Waals surface area contributed by atoms with Gasteiger partial charge in [0.15, 0.2) is 8.68 Å². The van der Waals surface area contributed by atoms with E-state index in [2.05, 4.69) is 36.3 Å². The predicted molar refractivity (Wildman–Crippen MR) is 95.7 cm³/mol. The molecular weight excluding hydrogens is 334 g/mol. The maximum absolute atomic E-state index is 12.4. The third-order valence-electron chi connectivity index (χ3n) is 4.34. The molecule has 0 bridgehead atoms. The second kappa shape index (κ2) is 8.55. The van der Waals surface area contributed by atoms with Gasteiger partial charge in [0.2, 0.25) is 5.91 Å². The first-order valence-corrected chi connectivity index (χ1v) is 10.6. The molecule has 0 saturated heterocycles. The van der Waals surface area contributed by atoms with Crippen molar-refractivity contribution >= 4 is 40.8 Å². The van der Waals surface area contributed by atoms with Gasteiger partial charge in [0.05, 0.1) is 5.25 Å². The molecule has 0 spiro atoms. The summed E-state index contributed by atoms with van der Waals surface area (Å²) in [4.78, 5) is 12.4. The van der Waals surface area contributed by atoms with Crippen molar-refractivity contribution in [2.45, 2.75) is 66.9 Å². The highest BCUT2D eigenvalue weighted by Crippen LogP contribution is 2.32. The van der Waals surface area contributed by atoms with Gasteiger partial charge < -0.3 is 5.32 Å². The van der Waals surface area contributed by atoms with Crippen LogP contribution in [-0.2, 0) is 4.79 Å². The summed E-state index contributed by atoms with van der Waals surface area (Å²) in [6, 6.07) is 0.319. The quantitative estimate of drug-likeness (QED) is 0.776. The van der Waals surface area contributed by atoms with Gasteiger partial charge in [0.25, 0.3) is 0 Å². The van der Waals surface area contributed by atoms with Gasteiger partial charge in [0.1, 0.15) is 0 Å². The third kappa shape index (κ3) is 4.86. The van der Waals surface area contributed by atoms with Crippen LogP contribution < -0.4 is 5.32 Å². The van der Waals surface area contributed by atoms with Gasteiger partial charge in [-0.2, -0.15) is 0 Å². The topological polar surface area (TPSA) is 54.9 Å². The van der Waals surface area contributed by atoms with Crippen molar-refractivity contribution in [3.63, 3.8) is 0 Å². The summed E-state index contributed by atoms with van der Waals surface area (Å²) in [5, 5.41) is 11.4. The van der Waals surface area contributed by atoms with Crippen LogP contribution in [0.2, 0.25) is 0 Å². The highest BCUT2D eigenvalue weighted by Gasteiger charge is 2.29. The average molecular weight is 360 g/mol. The monoisotopic (exact) mass is 359 g/mol. The van der Waals surface area contributed by atoms with E-state index in [1.54, 1.807) is 23.1 Å². The molecule has 1 saturated carbocycles. The molecule has 1 fully saturated rings. The molecule has 1 aromatic heterocycles. The van der Waals surface area contributed by atoms with Gasteiger partial charge in [-0.1, -0.05) is 68.5 Å². The number of aromatic nitrogens is 2. The van der Waals surface area contributed by atoms with E-state index in [1.165, 1.54) is 24.6 Å². The van der Waals surface area contributed by atoms with Crippen LogP contribution in [0.1, 0.15) is 47.0 Å². The lowest BCUT2D eigenvalue weighted by Gasteiger charge is -2.35. The number of hydrogen-bond acceptors (Lipinski definition) is 6. The van der Waals surface area contributed by atoms with Gasteiger partial charge in [-0.15, -0.1) is 10.2 Å². The smallest absolute Gasteiger partial charge is 0.233 e. The minimum absolute atomic E-state index is 0.121. The molecule has 2 rings (SSSR count). The standard InChI is InChI=1S/C15H25N3OS3/c1-5-20-14-17-18-15(22-14)21-11(4)13(19)16-12-8-6-7-9(2)10(12)3/h9-12H,5-8H2,1-4H3,(H,16,19)/t9-,10-,11-,12+/m0/s1. The van der Waals surface area contributed by atoms with Gasteiger partial charge in [-0.05, 0) is 30.9 Å². The Kier molecular flexibility index (Phi) is 7.02. The van der Waals surface area contributed by atoms with Crippen LogP contribution >= 0.6 is 34.9 Å². The Morgan fingerprint density at radius 3 is 2.82 bits per heavy atom. The molecule has 124 valence electrons. The van der Waals surface area contributed by atoms with Crippen LogP contribution in [0.5, 0.6) is 0 Å². The number of rotatable bonds is 6. The Balaban J connectivity index is 1.85. The fourth-order valence-corrected chi connectivity index (χ4v) is 5.79. The molecule has 0 aromatic carbocycles. The lowest BCUT2D eigenvalue weighted by molar-refractivity contribution is -0.121. The molecular formula is C15H25N3OS3. The summed E-state index contributed by atoms with van der Waals surface area (Å²) in [5.74, 6) is 2.37. The number of thioether (sulfide) groups is 2. The van der Waals surface area contributed by atoms with Crippen molar-refractivity contribution in [3.05, 3.63) is 0 Å². The number of carbonyl (C=O) groups is 1. The van der Waals surface area contributed by atoms with Crippen LogP contribution in [0, 0.1) is 11.8 Å². The van der Waals surface area contributed by atoms with E-state index in [0.29, 0.717) is 17.9 Å². The fourth-order valence-electron chi connectivity index (χ4n) is 2.72. The number of hydrogen-bond donors (Lipinski definition) is 1. The highest BCUT2D eigenvalue weighted by atomic mass is 32.2. The van der Waals surface area contributed by atoms with E-state index < -0.39 is 0 Å². The Bertz CT molecular complexity index is 494. The third-order valence-corrected chi connectivity index (χ3v) is 7.46. The first-order chi connectivity index (χ1) is 10.5. The minimum atomic E-state index is -0.128. The summed E-state index contributed by atoms with van der Waals surface area (Å²) in [6.45, 7) is 8.59. The van der Waals surface area contributed by atoms with E-state index >= 15 is 0 Å². The summed E-state index contributed by atoms with van der Waals surface area (Å²) in [5.41, 5.74) is 0. The summed E-state index contributed by atoms with van der Waals surface area (Å²) in [6.07, 6.45) is 3.59. The Hall–Kier alpha value is -0.270. The van der Waals surface area contributed by atoms with Crippen LogP contribution in [0.4, 0.5) is 0 Å². The zero-order chi connectivity index (χ0) is 16.1. The van der Waals surface area contributed by atoms with Gasteiger partial charge in [-0.25, -0.2) is 0 Å². The van der Waals surface area contributed by atoms with Crippen molar-refractivity contribution < 1.29 is 4.79 Å². The maximum Gasteiger partial charge on any atom is 0.233 e. The van der Waals surface area contributed by atoms with Crippen LogP contribution in [0.3, 0.4) is 0 Å². The van der Waals surface area contributed by atoms with Crippen molar-refractivity contribution in [2.24, 2.45) is 11.8 Å². The first-order valence-electron chi connectivity index (χ1n) is 7.94. The minimum Gasteiger partial charge on any atom is -0.352 e. The van der Waals surface area contributed by atoms with Crippen molar-refractivity contribution in [2.75, 3.05) is 5.75 Å². The Labute approximate surface area is 145 Å². The largest absolute Gasteiger partial charge is 0.352 e. The highest BCUT2D eigenvalue weighted by molar-refractivity contribution is 8.03. The molecule has 1 N–H and O–H groups in total. The van der Waals surface area contributed by atoms with Crippen LogP contribution in [0.25, 0.3) is 0 Å². The van der Waals surface area contributed by atoms with Gasteiger partial charge in [-0.3, -0.25) is 4.79 Å². The molecule has 7 heteroatoms. The second-order valence-electron chi connectivity index (χ2n) is 5.91. The number of amides is 1. The van der Waals surface area contributed by atoms with Crippen molar-refractivity contribution in [3.8, 4) is 0 Å². The lowest BCUT2D eigenvalue weighted by Crippen LogP contribution is -2.46. The zero-order valence-corrected chi connectivity index (χ0v) is 16.1. The van der Waals surface area contributed by atoms with Crippen molar-refractivity contribution in [1.82, 2.24) is 15.5 Å². The van der Waals surface area contributed by atoms with Gasteiger partial charge in [0, 0.05) is 6.04 Å². The van der Waals surface area contributed by atoms with E-state index in [0.717, 1.165) is 20.9 Å². The van der Waals surface area contributed by atoms with E-state index in [4.69, 9.17) is 0 Å². The lowest BCUT2D eigenvalue weighted by atomic mass is 9.78. The second-order valence-corrected chi connectivity index (χ2v) is 9.99. The van der Waals surface area contributed by atoms with Crippen LogP contribution in [0.15, 0.2) is 8.68 Å². The normalized spacial score (nSPS) is 26.6. The molecule has 1 aliphatic carbocycles. The summed E-state index contributed by atoms with van der Waals surface area (Å²) >= 11 is 4.77. The molecule has 1 amide bonds. The molecule has 1 aromatic rings. The molecule has 0 aliphatic heterocycles. The Morgan fingerprint density at radius 1 is 1.36 bits per heavy atom. The van der Waals surface area contributed by atoms with Gasteiger partial charge >= 0.3 is 0 Å². The van der Waals surface area contributed by atoms with E-state index in [1.807, 2.05) is 6.92 Å². The SMILES string of the molecule is CCSc1nnc(S[C@@H](C)C(=O)N[C@@H]2CCC[C@H](C)[C@@H]2C)s1. The average Bonchev–Trinajstić information content (AvgIpc) is 2.91. The number of nitrogens with one attached hydrogen (secondary N) is 1. The maximum atomic E-state index is 12.4. The molecule has 4 nitrogen and oxygen atoms in total. The predicted octanol–water partition coefficient (Wildman–Crippen LogP) is 4.07. The molecule has 4 atom stereocenters. The van der Waals surface area contributed by atoms with E-state index in [-0.39, 0.29) is 11.2 Å². The molecule has 22 heavy (non-hydrogen) atoms. The molecule has 0 radical (unpaired) electrons. The van der Waals surface area contributed by atoms with Crippen molar-refractivity contribution in [1.29, 1.82) is 0 Å². The molecule has 1 heterocycles. The summed E-state index contributed by atoms with van der Waals surface area (Å²) in [7, 11) is 0. The molecule has 0 unspecified atom stereocenters. The molecule has 1 aliphatic rings. The fraction of sp³-hybridized carbons (Fsp3) is 0.800. The number of nitrogens with zero attached hydrogens (tertiary/aromatic N) is 2. The first kappa shape index (κ1) is 18.1.